The highest BCUT2D eigenvalue weighted by atomic mass is 79.9. The number of aromatic nitrogens is 1. The molecular weight excluding hydrogens is 500 g/mol. The monoisotopic (exact) mass is 528 g/mol. The predicted molar refractivity (Wildman–Crippen MR) is 135 cm³/mol. The van der Waals surface area contributed by atoms with E-state index in [0.717, 1.165) is 42.5 Å². The Kier molecular flexibility index (Phi) is 6.27. The number of ether oxygens (including phenoxy) is 1. The van der Waals surface area contributed by atoms with Gasteiger partial charge in [-0.2, -0.15) is 0 Å². The lowest BCUT2D eigenvalue weighted by Crippen LogP contribution is -2.19. The number of benzene rings is 2. The summed E-state index contributed by atoms with van der Waals surface area (Å²) in [6.45, 7) is 0.934. The first-order valence-corrected chi connectivity index (χ1v) is 13.9. The molecule has 1 atom stereocenters. The van der Waals surface area contributed by atoms with Crippen LogP contribution in [0.4, 0.5) is 0 Å². The van der Waals surface area contributed by atoms with Gasteiger partial charge in [-0.25, -0.2) is 12.4 Å². The molecular formula is C26H29BrN2O3S. The Morgan fingerprint density at radius 3 is 2.55 bits per heavy atom. The van der Waals surface area contributed by atoms with E-state index in [1.165, 1.54) is 23.2 Å². The van der Waals surface area contributed by atoms with Gasteiger partial charge in [0.15, 0.2) is 0 Å². The third-order valence-corrected chi connectivity index (χ3v) is 9.45. The Morgan fingerprint density at radius 1 is 1.03 bits per heavy atom. The van der Waals surface area contributed by atoms with Crippen molar-refractivity contribution in [3.8, 4) is 5.75 Å². The summed E-state index contributed by atoms with van der Waals surface area (Å²) in [6, 6.07) is 12.8. The molecule has 0 spiro atoms. The molecule has 1 saturated carbocycles. The number of allylic oxidation sites excluding steroid dienone is 1. The van der Waals surface area contributed by atoms with E-state index in [4.69, 9.17) is 4.74 Å². The minimum atomic E-state index is -3.77. The normalized spacial score (nSPS) is 19.8. The van der Waals surface area contributed by atoms with Crippen LogP contribution in [0.5, 0.6) is 5.75 Å². The van der Waals surface area contributed by atoms with Crippen LogP contribution in [0.3, 0.4) is 0 Å². The van der Waals surface area contributed by atoms with Crippen LogP contribution in [0.15, 0.2) is 70.3 Å². The number of halogens is 1. The molecule has 174 valence electrons. The molecule has 0 N–H and O–H groups in total. The second-order valence-corrected chi connectivity index (χ2v) is 11.7. The summed E-state index contributed by atoms with van der Waals surface area (Å²) in [5.74, 6) is 0.980. The molecule has 2 aliphatic rings. The molecule has 3 aromatic rings. The highest BCUT2D eigenvalue weighted by molar-refractivity contribution is 9.10. The Balaban J connectivity index is 1.62. The zero-order chi connectivity index (χ0) is 23.0. The van der Waals surface area contributed by atoms with Gasteiger partial charge >= 0.3 is 0 Å². The van der Waals surface area contributed by atoms with Crippen LogP contribution in [0.1, 0.15) is 50.0 Å². The third-order valence-electron chi connectivity index (χ3n) is 6.77. The van der Waals surface area contributed by atoms with Crippen molar-refractivity contribution in [2.24, 2.45) is 0 Å². The minimum Gasteiger partial charge on any atom is -0.490 e. The SMILES string of the molecule is CN1C=CC(c2cn(S(=O)(=O)c3ccccc3Br)c3ccc(OC4CCCCC4)cc23)CC1. The van der Waals surface area contributed by atoms with Crippen LogP contribution in [-0.2, 0) is 10.0 Å². The third kappa shape index (κ3) is 4.45. The van der Waals surface area contributed by atoms with E-state index in [9.17, 15) is 8.42 Å². The first-order chi connectivity index (χ1) is 15.9. The standard InChI is InChI=1S/C26H29BrN2O3S/c1-28-15-13-19(14-16-28)23-18-29(33(30,31)26-10-6-5-9-24(26)27)25-12-11-21(17-22(23)25)32-20-7-3-2-4-8-20/h5-6,9-13,15,17-20H,2-4,7-8,14,16H2,1H3. The van der Waals surface area contributed by atoms with Gasteiger partial charge in [-0.3, -0.25) is 0 Å². The first kappa shape index (κ1) is 22.5. The largest absolute Gasteiger partial charge is 0.490 e. The van der Waals surface area contributed by atoms with Crippen molar-refractivity contribution in [1.29, 1.82) is 0 Å². The summed E-state index contributed by atoms with van der Waals surface area (Å²) in [5.41, 5.74) is 1.71. The highest BCUT2D eigenvalue weighted by Crippen LogP contribution is 2.37. The van der Waals surface area contributed by atoms with Gasteiger partial charge in [0, 0.05) is 35.6 Å². The number of rotatable bonds is 5. The molecule has 1 aliphatic carbocycles. The van der Waals surface area contributed by atoms with Gasteiger partial charge in [0.1, 0.15) is 10.6 Å². The maximum Gasteiger partial charge on any atom is 0.269 e. The molecule has 1 aromatic heterocycles. The van der Waals surface area contributed by atoms with E-state index in [1.807, 2.05) is 30.5 Å². The average molecular weight is 530 g/mol. The molecule has 0 radical (unpaired) electrons. The fourth-order valence-electron chi connectivity index (χ4n) is 4.93. The molecule has 1 unspecified atom stereocenters. The van der Waals surface area contributed by atoms with Gasteiger partial charge < -0.3 is 9.64 Å². The average Bonchev–Trinajstić information content (AvgIpc) is 3.20. The molecule has 2 heterocycles. The summed E-state index contributed by atoms with van der Waals surface area (Å²) < 4.78 is 35.7. The lowest BCUT2D eigenvalue weighted by molar-refractivity contribution is 0.155. The second-order valence-electron chi connectivity index (χ2n) is 9.09. The van der Waals surface area contributed by atoms with E-state index in [-0.39, 0.29) is 16.9 Å². The first-order valence-electron chi connectivity index (χ1n) is 11.6. The maximum absolute atomic E-state index is 13.7. The lowest BCUT2D eigenvalue weighted by Gasteiger charge is -2.24. The van der Waals surface area contributed by atoms with Crippen LogP contribution >= 0.6 is 15.9 Å². The number of fused-ring (bicyclic) bond motifs is 1. The van der Waals surface area contributed by atoms with E-state index >= 15 is 0 Å². The Hall–Kier alpha value is -2.25. The molecule has 2 aromatic carbocycles. The summed E-state index contributed by atoms with van der Waals surface area (Å²) in [5, 5.41) is 0.943. The molecule has 1 aliphatic heterocycles. The van der Waals surface area contributed by atoms with Crippen molar-refractivity contribution >= 4 is 36.9 Å². The fraction of sp³-hybridized carbons (Fsp3) is 0.385. The van der Waals surface area contributed by atoms with Crippen molar-refractivity contribution < 1.29 is 13.2 Å². The molecule has 1 fully saturated rings. The van der Waals surface area contributed by atoms with Crippen LogP contribution in [0.2, 0.25) is 0 Å². The van der Waals surface area contributed by atoms with Crippen LogP contribution in [-0.4, -0.2) is 37.0 Å². The molecule has 5 nitrogen and oxygen atoms in total. The van der Waals surface area contributed by atoms with E-state index in [1.54, 1.807) is 18.2 Å². The van der Waals surface area contributed by atoms with Gasteiger partial charge in [0.05, 0.1) is 11.6 Å². The number of nitrogens with zero attached hydrogens (tertiary/aromatic N) is 2. The second kappa shape index (κ2) is 9.18. The molecule has 0 amide bonds. The number of hydrogen-bond donors (Lipinski definition) is 0. The number of hydrogen-bond acceptors (Lipinski definition) is 4. The van der Waals surface area contributed by atoms with Crippen LogP contribution in [0, 0.1) is 0 Å². The lowest BCUT2D eigenvalue weighted by atomic mass is 9.93. The molecule has 33 heavy (non-hydrogen) atoms. The predicted octanol–water partition coefficient (Wildman–Crippen LogP) is 6.29. The van der Waals surface area contributed by atoms with Gasteiger partial charge in [-0.1, -0.05) is 24.6 Å². The molecule has 7 heteroatoms. The Bertz CT molecular complexity index is 1290. The van der Waals surface area contributed by atoms with Gasteiger partial charge in [0.25, 0.3) is 10.0 Å². The van der Waals surface area contributed by atoms with E-state index in [2.05, 4.69) is 40.2 Å². The van der Waals surface area contributed by atoms with Crippen molar-refractivity contribution in [2.45, 2.75) is 55.4 Å². The highest BCUT2D eigenvalue weighted by Gasteiger charge is 2.27. The molecule has 5 rings (SSSR count). The zero-order valence-corrected chi connectivity index (χ0v) is 21.2. The summed E-state index contributed by atoms with van der Waals surface area (Å²) >= 11 is 3.42. The summed E-state index contributed by atoms with van der Waals surface area (Å²) in [7, 11) is -1.71. The van der Waals surface area contributed by atoms with Crippen molar-refractivity contribution in [1.82, 2.24) is 8.87 Å². The zero-order valence-electron chi connectivity index (χ0n) is 18.8. The Morgan fingerprint density at radius 2 is 1.82 bits per heavy atom. The van der Waals surface area contributed by atoms with Crippen LogP contribution in [0.25, 0.3) is 10.9 Å². The van der Waals surface area contributed by atoms with Crippen molar-refractivity contribution in [3.63, 3.8) is 0 Å². The van der Waals surface area contributed by atoms with E-state index < -0.39 is 10.0 Å². The molecule has 0 saturated heterocycles. The Labute approximate surface area is 204 Å². The summed E-state index contributed by atoms with van der Waals surface area (Å²) in [4.78, 5) is 2.42. The van der Waals surface area contributed by atoms with Gasteiger partial charge in [-0.05, 0) is 90.1 Å². The fourth-order valence-corrected chi connectivity index (χ4v) is 7.28. The van der Waals surface area contributed by atoms with Gasteiger partial charge in [0.2, 0.25) is 0 Å². The maximum atomic E-state index is 13.7. The quantitative estimate of drug-likeness (QED) is 0.390. The molecule has 0 bridgehead atoms. The smallest absolute Gasteiger partial charge is 0.269 e. The van der Waals surface area contributed by atoms with Crippen molar-refractivity contribution in [3.05, 3.63) is 71.0 Å². The van der Waals surface area contributed by atoms with Crippen LogP contribution < -0.4 is 4.74 Å². The minimum absolute atomic E-state index is 0.157. The van der Waals surface area contributed by atoms with Gasteiger partial charge in [-0.15, -0.1) is 0 Å². The summed E-state index contributed by atoms with van der Waals surface area (Å²) in [6.07, 6.45) is 13.1. The van der Waals surface area contributed by atoms with Crippen molar-refractivity contribution in [2.75, 3.05) is 13.6 Å². The topological polar surface area (TPSA) is 51.5 Å². The van der Waals surface area contributed by atoms with E-state index in [0.29, 0.717) is 9.99 Å².